The number of aromatic hydroxyl groups is 1. The quantitative estimate of drug-likeness (QED) is 0.298. The summed E-state index contributed by atoms with van der Waals surface area (Å²) in [5.74, 6) is 1.45. The van der Waals surface area contributed by atoms with Crippen LogP contribution < -0.4 is 19.7 Å². The third kappa shape index (κ3) is 5.96. The highest BCUT2D eigenvalue weighted by atomic mass is 16.5. The summed E-state index contributed by atoms with van der Waals surface area (Å²) in [6, 6.07) is 23.6. The molecule has 0 saturated carbocycles. The Hall–Kier alpha value is -4.33. The molecule has 4 aromatic rings. The zero-order chi connectivity index (χ0) is 28.1. The van der Waals surface area contributed by atoms with Crippen LogP contribution in [0.15, 0.2) is 72.8 Å². The first-order valence-electron chi connectivity index (χ1n) is 13.7. The Morgan fingerprint density at radius 1 is 0.975 bits per heavy atom. The molecule has 40 heavy (non-hydrogen) atoms. The van der Waals surface area contributed by atoms with Crippen LogP contribution in [0.25, 0.3) is 10.9 Å². The Balaban J connectivity index is 1.38. The van der Waals surface area contributed by atoms with Crippen molar-refractivity contribution in [3.8, 4) is 17.4 Å². The molecule has 0 spiro atoms. The number of amides is 1. The molecule has 1 saturated heterocycles. The molecule has 1 aliphatic heterocycles. The Kier molecular flexibility index (Phi) is 8.05. The lowest BCUT2D eigenvalue weighted by atomic mass is 9.73. The van der Waals surface area contributed by atoms with Gasteiger partial charge in [-0.2, -0.15) is 4.98 Å². The van der Waals surface area contributed by atoms with E-state index < -0.39 is 5.41 Å². The van der Waals surface area contributed by atoms with Crippen LogP contribution in [0.2, 0.25) is 0 Å². The van der Waals surface area contributed by atoms with Crippen LogP contribution in [0.5, 0.6) is 17.4 Å². The van der Waals surface area contributed by atoms with Crippen molar-refractivity contribution in [1.82, 2.24) is 15.3 Å². The summed E-state index contributed by atoms with van der Waals surface area (Å²) in [6.45, 7) is 5.55. The van der Waals surface area contributed by atoms with Crippen LogP contribution in [0.1, 0.15) is 37.8 Å². The number of rotatable bonds is 9. The van der Waals surface area contributed by atoms with E-state index in [2.05, 4.69) is 22.4 Å². The maximum atomic E-state index is 13.7. The van der Waals surface area contributed by atoms with Crippen LogP contribution in [-0.2, 0) is 17.8 Å². The van der Waals surface area contributed by atoms with Gasteiger partial charge >= 0.3 is 0 Å². The largest absolute Gasteiger partial charge is 0.493 e. The minimum absolute atomic E-state index is 0.0471. The van der Waals surface area contributed by atoms with Gasteiger partial charge in [-0.05, 0) is 50.3 Å². The summed E-state index contributed by atoms with van der Waals surface area (Å²) in [6.07, 6.45) is 1.88. The molecule has 0 unspecified atom stereocenters. The second-order valence-corrected chi connectivity index (χ2v) is 10.6. The fourth-order valence-electron chi connectivity index (χ4n) is 5.33. The highest BCUT2D eigenvalue weighted by molar-refractivity contribution is 5.88. The molecule has 208 valence electrons. The molecule has 3 aromatic carbocycles. The number of fused-ring (bicyclic) bond motifs is 1. The second-order valence-electron chi connectivity index (χ2n) is 10.6. The first-order valence-corrected chi connectivity index (χ1v) is 13.7. The fraction of sp³-hybridized carbons (Fsp3) is 0.344. The molecule has 8 heteroatoms. The van der Waals surface area contributed by atoms with E-state index in [0.717, 1.165) is 11.1 Å². The van der Waals surface area contributed by atoms with Crippen molar-refractivity contribution >= 4 is 22.8 Å². The van der Waals surface area contributed by atoms with Crippen LogP contribution >= 0.6 is 0 Å². The number of hydrogen-bond acceptors (Lipinski definition) is 7. The number of carbonyl (C=O) groups is 1. The van der Waals surface area contributed by atoms with Gasteiger partial charge in [0.2, 0.25) is 17.7 Å². The molecule has 2 N–H and O–H groups in total. The van der Waals surface area contributed by atoms with Crippen molar-refractivity contribution in [3.05, 3.63) is 83.9 Å². The lowest BCUT2D eigenvalue weighted by molar-refractivity contribution is -0.132. The van der Waals surface area contributed by atoms with Crippen LogP contribution in [0, 0.1) is 5.41 Å². The predicted molar refractivity (Wildman–Crippen MR) is 156 cm³/mol. The number of nitrogens with one attached hydrogen (secondary N) is 1. The number of methoxy groups -OCH3 is 1. The summed E-state index contributed by atoms with van der Waals surface area (Å²) < 4.78 is 11.4. The minimum atomic E-state index is -0.558. The summed E-state index contributed by atoms with van der Waals surface area (Å²) in [4.78, 5) is 25.0. The van der Waals surface area contributed by atoms with Crippen molar-refractivity contribution in [3.63, 3.8) is 0 Å². The number of carbonyl (C=O) groups excluding carboxylic acids is 1. The normalized spacial score (nSPS) is 14.8. The Morgan fingerprint density at radius 3 is 2.25 bits per heavy atom. The zero-order valence-corrected chi connectivity index (χ0v) is 23.3. The van der Waals surface area contributed by atoms with Gasteiger partial charge in [0.05, 0.1) is 29.5 Å². The van der Waals surface area contributed by atoms with Gasteiger partial charge < -0.3 is 24.8 Å². The predicted octanol–water partition coefficient (Wildman–Crippen LogP) is 5.28. The fourth-order valence-corrected chi connectivity index (χ4v) is 5.33. The Labute approximate surface area is 235 Å². The monoisotopic (exact) mass is 540 g/mol. The van der Waals surface area contributed by atoms with Crippen molar-refractivity contribution < 1.29 is 19.4 Å². The van der Waals surface area contributed by atoms with Gasteiger partial charge in [0, 0.05) is 25.7 Å². The number of hydrogen-bond donors (Lipinski definition) is 2. The Bertz CT molecular complexity index is 1450. The van der Waals surface area contributed by atoms with Crippen molar-refractivity contribution in [1.29, 1.82) is 0 Å². The number of anilines is 1. The van der Waals surface area contributed by atoms with E-state index >= 15 is 0 Å². The topological polar surface area (TPSA) is 96.8 Å². The smallest absolute Gasteiger partial charge is 0.229 e. The van der Waals surface area contributed by atoms with Crippen molar-refractivity contribution in [2.24, 2.45) is 5.41 Å². The van der Waals surface area contributed by atoms with E-state index in [1.807, 2.05) is 67.3 Å². The van der Waals surface area contributed by atoms with Crippen molar-refractivity contribution in [2.45, 2.75) is 45.8 Å². The molecule has 0 radical (unpaired) electrons. The number of nitrogens with zero attached hydrogens (tertiary/aromatic N) is 3. The third-order valence-electron chi connectivity index (χ3n) is 7.48. The molecule has 1 aliphatic rings. The first-order chi connectivity index (χ1) is 19.4. The van der Waals surface area contributed by atoms with Crippen LogP contribution in [0.3, 0.4) is 0 Å². The van der Waals surface area contributed by atoms with Gasteiger partial charge in [0.25, 0.3) is 0 Å². The summed E-state index contributed by atoms with van der Waals surface area (Å²) in [5.41, 5.74) is 2.22. The first kappa shape index (κ1) is 27.2. The Morgan fingerprint density at radius 2 is 1.62 bits per heavy atom. The van der Waals surface area contributed by atoms with E-state index in [4.69, 9.17) is 14.5 Å². The molecule has 1 aromatic heterocycles. The molecule has 0 atom stereocenters. The van der Waals surface area contributed by atoms with E-state index in [1.54, 1.807) is 19.2 Å². The second kappa shape index (κ2) is 11.8. The van der Waals surface area contributed by atoms with Crippen molar-refractivity contribution in [2.75, 3.05) is 25.1 Å². The zero-order valence-electron chi connectivity index (χ0n) is 23.3. The number of benzene rings is 3. The lowest BCUT2D eigenvalue weighted by Crippen LogP contribution is -2.50. The van der Waals surface area contributed by atoms with Gasteiger partial charge in [-0.25, -0.2) is 4.98 Å². The number of ether oxygens (including phenoxy) is 2. The average Bonchev–Trinajstić information content (AvgIpc) is 2.96. The number of aromatic nitrogens is 2. The van der Waals surface area contributed by atoms with E-state index in [-0.39, 0.29) is 17.9 Å². The molecular formula is C32H36N4O4. The maximum Gasteiger partial charge on any atom is 0.229 e. The maximum absolute atomic E-state index is 13.7. The molecule has 5 rings (SSSR count). The highest BCUT2D eigenvalue weighted by Crippen LogP contribution is 2.39. The highest BCUT2D eigenvalue weighted by Gasteiger charge is 2.42. The average molecular weight is 541 g/mol. The van der Waals surface area contributed by atoms with E-state index in [1.165, 1.54) is 0 Å². The molecule has 0 bridgehead atoms. The SMILES string of the molecule is COc1cc2c(O)nc(N3CCC(Cc4ccccc4)(C(=O)NCc4ccccc4)CC3)nc2cc1OC(C)C. The van der Waals surface area contributed by atoms with E-state index in [0.29, 0.717) is 67.2 Å². The van der Waals surface area contributed by atoms with Gasteiger partial charge in [0.1, 0.15) is 0 Å². The summed E-state index contributed by atoms with van der Waals surface area (Å²) in [7, 11) is 1.56. The van der Waals surface area contributed by atoms with Gasteiger partial charge in [-0.1, -0.05) is 60.7 Å². The molecule has 8 nitrogen and oxygen atoms in total. The van der Waals surface area contributed by atoms with Gasteiger partial charge in [0.15, 0.2) is 11.5 Å². The third-order valence-corrected chi connectivity index (χ3v) is 7.48. The van der Waals surface area contributed by atoms with Gasteiger partial charge in [-0.15, -0.1) is 0 Å². The molecule has 1 amide bonds. The molecule has 0 aliphatic carbocycles. The lowest BCUT2D eigenvalue weighted by Gasteiger charge is -2.41. The van der Waals surface area contributed by atoms with Crippen LogP contribution in [0.4, 0.5) is 5.95 Å². The standard InChI is InChI=1S/C32H36N4O4/c1-22(2)40-28-19-26-25(18-27(28)39-3)29(37)35-31(34-26)36-16-14-32(15-17-36,20-23-10-6-4-7-11-23)30(38)33-21-24-12-8-5-9-13-24/h4-13,18-19,22H,14-17,20-21H2,1-3H3,(H,33,38)(H,34,35,37). The van der Waals surface area contributed by atoms with E-state index in [9.17, 15) is 9.90 Å². The molecule has 1 fully saturated rings. The van der Waals surface area contributed by atoms with Gasteiger partial charge in [-0.3, -0.25) is 4.79 Å². The minimum Gasteiger partial charge on any atom is -0.493 e. The summed E-state index contributed by atoms with van der Waals surface area (Å²) >= 11 is 0. The van der Waals surface area contributed by atoms with Crippen LogP contribution in [-0.4, -0.2) is 47.3 Å². The summed E-state index contributed by atoms with van der Waals surface area (Å²) in [5, 5.41) is 14.5. The molecule has 2 heterocycles. The molecular weight excluding hydrogens is 504 g/mol. The number of piperidine rings is 1.